The van der Waals surface area contributed by atoms with Gasteiger partial charge in [0.05, 0.1) is 27.7 Å². The molecule has 1 N–H and O–H groups in total. The third-order valence-electron chi connectivity index (χ3n) is 2.59. The molecule has 0 amide bonds. The molecule has 0 aliphatic heterocycles. The van der Waals surface area contributed by atoms with Crippen molar-refractivity contribution in [3.63, 3.8) is 0 Å². The number of nitrogens with zero attached hydrogens (tertiary/aromatic N) is 1. The molecule has 21 heavy (non-hydrogen) atoms. The second-order valence-electron chi connectivity index (χ2n) is 5.68. The van der Waals surface area contributed by atoms with Crippen LogP contribution in [0.4, 0.5) is 0 Å². The third kappa shape index (κ3) is 9.95. The summed E-state index contributed by atoms with van der Waals surface area (Å²) in [5, 5.41) is 9.16. The van der Waals surface area contributed by atoms with E-state index in [9.17, 15) is 14.3 Å². The van der Waals surface area contributed by atoms with Gasteiger partial charge in [-0.2, -0.15) is 0 Å². The summed E-state index contributed by atoms with van der Waals surface area (Å²) in [5.41, 5.74) is 0. The van der Waals surface area contributed by atoms with Crippen LogP contribution in [-0.2, 0) is 23.1 Å². The SMILES string of the molecule is CCC(OP(=O)([O-])OCC[N+](C)(C)C)[C@H](CO)OC(C)=O. The van der Waals surface area contributed by atoms with Crippen molar-refractivity contribution in [1.29, 1.82) is 0 Å². The predicted octanol–water partition coefficient (Wildman–Crippen LogP) is -0.103. The number of carbonyl (C=O) groups excluding carboxylic acids is 1. The minimum absolute atomic E-state index is 0.0158. The molecular formula is C12H26NO7P. The van der Waals surface area contributed by atoms with Crippen LogP contribution < -0.4 is 4.89 Å². The van der Waals surface area contributed by atoms with Crippen molar-refractivity contribution in [3.05, 3.63) is 0 Å². The fourth-order valence-corrected chi connectivity index (χ4v) is 2.45. The number of phosphoric ester groups is 1. The Morgan fingerprint density at radius 3 is 2.29 bits per heavy atom. The molecule has 126 valence electrons. The van der Waals surface area contributed by atoms with E-state index in [2.05, 4.69) is 0 Å². The van der Waals surface area contributed by atoms with Crippen LogP contribution in [0, 0.1) is 0 Å². The van der Waals surface area contributed by atoms with Gasteiger partial charge in [0.2, 0.25) is 0 Å². The smallest absolute Gasteiger partial charge is 0.303 e. The number of carbonyl (C=O) groups is 1. The van der Waals surface area contributed by atoms with Crippen LogP contribution in [0.25, 0.3) is 0 Å². The number of phosphoric acid groups is 1. The van der Waals surface area contributed by atoms with E-state index in [1.54, 1.807) is 6.92 Å². The van der Waals surface area contributed by atoms with Crippen molar-refractivity contribution in [3.8, 4) is 0 Å². The fourth-order valence-electron chi connectivity index (χ4n) is 1.47. The lowest BCUT2D eigenvalue weighted by Gasteiger charge is -2.32. The van der Waals surface area contributed by atoms with Crippen LogP contribution in [0.5, 0.6) is 0 Å². The largest absolute Gasteiger partial charge is 0.756 e. The maximum atomic E-state index is 11.7. The Morgan fingerprint density at radius 2 is 1.90 bits per heavy atom. The quantitative estimate of drug-likeness (QED) is 0.339. The molecule has 0 saturated heterocycles. The molecule has 0 aromatic rings. The highest BCUT2D eigenvalue weighted by molar-refractivity contribution is 7.45. The minimum atomic E-state index is -4.52. The Morgan fingerprint density at radius 1 is 1.33 bits per heavy atom. The lowest BCUT2D eigenvalue weighted by molar-refractivity contribution is -0.870. The first-order chi connectivity index (χ1) is 9.50. The van der Waals surface area contributed by atoms with Gasteiger partial charge in [-0.05, 0) is 6.42 Å². The van der Waals surface area contributed by atoms with Crippen LogP contribution in [0.15, 0.2) is 0 Å². The molecule has 0 aliphatic carbocycles. The number of ether oxygens (including phenoxy) is 1. The lowest BCUT2D eigenvalue weighted by atomic mass is 10.2. The number of aliphatic hydroxyl groups is 1. The summed E-state index contributed by atoms with van der Waals surface area (Å²) < 4.78 is 26.8. The molecule has 2 unspecified atom stereocenters. The van der Waals surface area contributed by atoms with Crippen molar-refractivity contribution in [2.24, 2.45) is 0 Å². The van der Waals surface area contributed by atoms with Crippen LogP contribution in [-0.4, -0.2) is 68.7 Å². The summed E-state index contributed by atoms with van der Waals surface area (Å²) in [6.07, 6.45) is -1.79. The molecular weight excluding hydrogens is 301 g/mol. The standard InChI is InChI=1S/C12H26NO7P/c1-6-11(12(9-14)19-10(2)15)20-21(16,17)18-8-7-13(3,4)5/h11-12,14H,6-9H2,1-5H3/t11?,12-/m0/s1. The molecule has 0 bridgehead atoms. The zero-order chi connectivity index (χ0) is 16.7. The molecule has 0 saturated carbocycles. The lowest BCUT2D eigenvalue weighted by Crippen LogP contribution is -2.38. The zero-order valence-electron chi connectivity index (χ0n) is 13.3. The summed E-state index contributed by atoms with van der Waals surface area (Å²) >= 11 is 0. The van der Waals surface area contributed by atoms with Gasteiger partial charge in [-0.25, -0.2) is 0 Å². The average Bonchev–Trinajstić information content (AvgIpc) is 2.31. The number of hydrogen-bond donors (Lipinski definition) is 1. The highest BCUT2D eigenvalue weighted by Crippen LogP contribution is 2.41. The van der Waals surface area contributed by atoms with E-state index in [0.717, 1.165) is 0 Å². The van der Waals surface area contributed by atoms with Crippen molar-refractivity contribution < 1.29 is 37.6 Å². The van der Waals surface area contributed by atoms with Gasteiger partial charge in [-0.1, -0.05) is 6.92 Å². The normalized spacial score (nSPS) is 17.9. The maximum absolute atomic E-state index is 11.7. The predicted molar refractivity (Wildman–Crippen MR) is 74.3 cm³/mol. The van der Waals surface area contributed by atoms with Gasteiger partial charge in [0.15, 0.2) is 6.10 Å². The number of likely N-dealkylation sites (N-methyl/N-ethyl adjacent to an activating group) is 1. The van der Waals surface area contributed by atoms with E-state index >= 15 is 0 Å². The topological polar surface area (TPSA) is 105 Å². The Labute approximate surface area is 125 Å². The number of aliphatic hydroxyl groups excluding tert-OH is 1. The Hall–Kier alpha value is -0.500. The van der Waals surface area contributed by atoms with Gasteiger partial charge >= 0.3 is 5.97 Å². The van der Waals surface area contributed by atoms with Crippen LogP contribution in [0.1, 0.15) is 20.3 Å². The van der Waals surface area contributed by atoms with Crippen molar-refractivity contribution in [1.82, 2.24) is 0 Å². The molecule has 0 radical (unpaired) electrons. The van der Waals surface area contributed by atoms with Gasteiger partial charge in [0.25, 0.3) is 7.82 Å². The summed E-state index contributed by atoms with van der Waals surface area (Å²) in [5.74, 6) is -0.622. The number of esters is 1. The monoisotopic (exact) mass is 327 g/mol. The highest BCUT2D eigenvalue weighted by atomic mass is 31.2. The molecule has 0 fully saturated rings. The van der Waals surface area contributed by atoms with E-state index in [4.69, 9.17) is 18.9 Å². The molecule has 0 rings (SSSR count). The molecule has 3 atom stereocenters. The number of hydrogen-bond acceptors (Lipinski definition) is 7. The number of rotatable bonds is 10. The molecule has 0 aliphatic rings. The van der Waals surface area contributed by atoms with Gasteiger partial charge < -0.3 is 28.3 Å². The summed E-state index contributed by atoms with van der Waals surface area (Å²) in [6, 6.07) is 0. The fraction of sp³-hybridized carbons (Fsp3) is 0.917. The first-order valence-electron chi connectivity index (χ1n) is 6.73. The molecule has 0 aromatic heterocycles. The summed E-state index contributed by atoms with van der Waals surface area (Å²) in [7, 11) is 1.18. The van der Waals surface area contributed by atoms with Gasteiger partial charge in [0.1, 0.15) is 19.3 Å². The minimum Gasteiger partial charge on any atom is -0.756 e. The summed E-state index contributed by atoms with van der Waals surface area (Å²) in [4.78, 5) is 22.7. The average molecular weight is 327 g/mol. The zero-order valence-corrected chi connectivity index (χ0v) is 14.2. The second kappa shape index (κ2) is 8.82. The Balaban J connectivity index is 4.55. The molecule has 0 spiro atoms. The first-order valence-corrected chi connectivity index (χ1v) is 8.19. The van der Waals surface area contributed by atoms with Crippen LogP contribution in [0.3, 0.4) is 0 Å². The van der Waals surface area contributed by atoms with Crippen molar-refractivity contribution in [2.45, 2.75) is 32.5 Å². The maximum Gasteiger partial charge on any atom is 0.303 e. The van der Waals surface area contributed by atoms with Gasteiger partial charge in [-0.3, -0.25) is 9.36 Å². The highest BCUT2D eigenvalue weighted by Gasteiger charge is 2.27. The van der Waals surface area contributed by atoms with Crippen LogP contribution >= 0.6 is 7.82 Å². The third-order valence-corrected chi connectivity index (χ3v) is 3.62. The van der Waals surface area contributed by atoms with E-state index in [0.29, 0.717) is 11.0 Å². The van der Waals surface area contributed by atoms with E-state index in [1.165, 1.54) is 6.92 Å². The Bertz CT molecular complexity index is 369. The van der Waals surface area contributed by atoms with Gasteiger partial charge in [0, 0.05) is 6.92 Å². The Kier molecular flexibility index (Phi) is 8.61. The number of quaternary nitrogens is 1. The molecule has 8 nitrogen and oxygen atoms in total. The summed E-state index contributed by atoms with van der Waals surface area (Å²) in [6.45, 7) is 2.77. The molecule has 9 heteroatoms. The van der Waals surface area contributed by atoms with E-state index in [-0.39, 0.29) is 13.0 Å². The molecule has 0 heterocycles. The van der Waals surface area contributed by atoms with Gasteiger partial charge in [-0.15, -0.1) is 0 Å². The molecule has 0 aromatic carbocycles. The van der Waals surface area contributed by atoms with Crippen molar-refractivity contribution in [2.75, 3.05) is 40.9 Å². The van der Waals surface area contributed by atoms with E-state index < -0.39 is 32.6 Å². The first kappa shape index (κ1) is 20.5. The second-order valence-corrected chi connectivity index (χ2v) is 7.04. The van der Waals surface area contributed by atoms with E-state index in [1.807, 2.05) is 21.1 Å². The van der Waals surface area contributed by atoms with Crippen LogP contribution in [0.2, 0.25) is 0 Å². The van der Waals surface area contributed by atoms with Crippen molar-refractivity contribution >= 4 is 13.8 Å².